The number of rotatable bonds is 2. The average molecular weight is 392 g/mol. The molecule has 2 N–H and O–H groups in total. The first-order valence-corrected chi connectivity index (χ1v) is 9.45. The van der Waals surface area contributed by atoms with Crippen LogP contribution < -0.4 is 0 Å². The summed E-state index contributed by atoms with van der Waals surface area (Å²) >= 11 is 0. The fourth-order valence-corrected chi connectivity index (χ4v) is 6.49. The molecule has 2 aliphatic carbocycles. The van der Waals surface area contributed by atoms with Crippen molar-refractivity contribution in [1.29, 1.82) is 0 Å². The zero-order valence-electron chi connectivity index (χ0n) is 16.2. The monoisotopic (exact) mass is 392 g/mol. The van der Waals surface area contributed by atoms with Gasteiger partial charge in [0.2, 0.25) is 0 Å². The van der Waals surface area contributed by atoms with Crippen molar-refractivity contribution in [1.82, 2.24) is 0 Å². The molecule has 0 aromatic carbocycles. The van der Waals surface area contributed by atoms with Crippen LogP contribution in [-0.2, 0) is 28.5 Å². The number of methoxy groups -OCH3 is 1. The second kappa shape index (κ2) is 4.98. The van der Waals surface area contributed by atoms with Crippen molar-refractivity contribution in [3.63, 3.8) is 0 Å². The first-order valence-electron chi connectivity index (χ1n) is 9.45. The fourth-order valence-electron chi connectivity index (χ4n) is 6.49. The molecule has 0 amide bonds. The van der Waals surface area contributed by atoms with Crippen molar-refractivity contribution < 1.29 is 38.7 Å². The van der Waals surface area contributed by atoms with E-state index in [9.17, 15) is 19.8 Å². The second-order valence-corrected chi connectivity index (χ2v) is 8.90. The van der Waals surface area contributed by atoms with Crippen LogP contribution in [0.4, 0.5) is 0 Å². The summed E-state index contributed by atoms with van der Waals surface area (Å²) in [5.41, 5.74) is -3.19. The Labute approximate surface area is 162 Å². The third-order valence-electron chi connectivity index (χ3n) is 7.89. The highest BCUT2D eigenvalue weighted by Crippen LogP contribution is 2.75. The summed E-state index contributed by atoms with van der Waals surface area (Å²) < 4.78 is 22.4. The predicted octanol–water partition coefficient (Wildman–Crippen LogP) is 0.219. The molecule has 8 nitrogen and oxygen atoms in total. The van der Waals surface area contributed by atoms with E-state index in [1.807, 2.05) is 0 Å². The molecule has 152 valence electrons. The van der Waals surface area contributed by atoms with Gasteiger partial charge in [0, 0.05) is 12.3 Å². The third-order valence-corrected chi connectivity index (χ3v) is 7.89. The molecule has 2 bridgehead atoms. The summed E-state index contributed by atoms with van der Waals surface area (Å²) in [5, 5.41) is 23.4. The summed E-state index contributed by atoms with van der Waals surface area (Å²) in [6, 6.07) is 0. The molecule has 3 aliphatic heterocycles. The normalized spacial score (nSPS) is 52.9. The fraction of sp³-hybridized carbons (Fsp3) is 0.700. The van der Waals surface area contributed by atoms with E-state index in [0.29, 0.717) is 16.9 Å². The van der Waals surface area contributed by atoms with Crippen LogP contribution in [0.3, 0.4) is 0 Å². The van der Waals surface area contributed by atoms with Gasteiger partial charge in [-0.05, 0) is 13.8 Å². The zero-order valence-corrected chi connectivity index (χ0v) is 16.2. The molecule has 1 spiro atoms. The number of aliphatic hydroxyl groups is 2. The molecule has 4 fully saturated rings. The van der Waals surface area contributed by atoms with Gasteiger partial charge in [-0.1, -0.05) is 19.1 Å². The molecular weight excluding hydrogens is 368 g/mol. The van der Waals surface area contributed by atoms with Crippen LogP contribution in [-0.4, -0.2) is 64.9 Å². The summed E-state index contributed by atoms with van der Waals surface area (Å²) in [5.74, 6) is -2.14. The van der Waals surface area contributed by atoms with Gasteiger partial charge in [0.25, 0.3) is 0 Å². The van der Waals surface area contributed by atoms with E-state index in [2.05, 4.69) is 6.58 Å². The SMILES string of the molecule is C=C(C)C1C2OC(=O)C1C1(O)C3OC3C3(CC(C(=O)OC)=C(C)O3)C1(C)C2O. The topological polar surface area (TPSA) is 115 Å². The van der Waals surface area contributed by atoms with Gasteiger partial charge < -0.3 is 29.2 Å². The Balaban J connectivity index is 1.67. The number of aliphatic hydroxyl groups excluding tert-OH is 1. The predicted molar refractivity (Wildman–Crippen MR) is 92.5 cm³/mol. The third kappa shape index (κ3) is 1.58. The molecule has 9 unspecified atom stereocenters. The molecule has 28 heavy (non-hydrogen) atoms. The Morgan fingerprint density at radius 2 is 2.04 bits per heavy atom. The molecule has 0 aromatic rings. The molecule has 3 heterocycles. The van der Waals surface area contributed by atoms with Crippen molar-refractivity contribution >= 4 is 11.9 Å². The number of epoxide rings is 1. The van der Waals surface area contributed by atoms with Crippen LogP contribution in [0.25, 0.3) is 0 Å². The molecule has 2 saturated carbocycles. The lowest BCUT2D eigenvalue weighted by Crippen LogP contribution is -2.72. The Bertz CT molecular complexity index is 862. The second-order valence-electron chi connectivity index (χ2n) is 8.90. The van der Waals surface area contributed by atoms with Gasteiger partial charge in [0.05, 0.1) is 24.0 Å². The number of hydrogen-bond donors (Lipinski definition) is 2. The van der Waals surface area contributed by atoms with Gasteiger partial charge >= 0.3 is 11.9 Å². The van der Waals surface area contributed by atoms with E-state index in [4.69, 9.17) is 18.9 Å². The minimum Gasteiger partial charge on any atom is -0.487 e. The van der Waals surface area contributed by atoms with E-state index < -0.39 is 64.8 Å². The molecule has 5 rings (SSSR count). The number of carbonyl (C=O) groups excluding carboxylic acids is 2. The number of allylic oxidation sites excluding steroid dienone is 1. The highest BCUT2D eigenvalue weighted by Gasteiger charge is 2.92. The van der Waals surface area contributed by atoms with Gasteiger partial charge in [-0.2, -0.15) is 0 Å². The molecule has 2 saturated heterocycles. The summed E-state index contributed by atoms with van der Waals surface area (Å²) in [4.78, 5) is 25.0. The summed E-state index contributed by atoms with van der Waals surface area (Å²) in [7, 11) is 1.29. The zero-order chi connectivity index (χ0) is 20.4. The van der Waals surface area contributed by atoms with Gasteiger partial charge in [0.15, 0.2) is 5.60 Å². The molecular formula is C20H24O8. The van der Waals surface area contributed by atoms with Crippen molar-refractivity contribution in [3.8, 4) is 0 Å². The number of carbonyl (C=O) groups is 2. The number of ether oxygens (including phenoxy) is 4. The van der Waals surface area contributed by atoms with Gasteiger partial charge in [-0.25, -0.2) is 4.79 Å². The van der Waals surface area contributed by atoms with Crippen LogP contribution in [0.1, 0.15) is 27.2 Å². The maximum absolute atomic E-state index is 12.7. The van der Waals surface area contributed by atoms with Crippen molar-refractivity contribution in [2.45, 2.75) is 62.8 Å². The van der Waals surface area contributed by atoms with Crippen LogP contribution in [0, 0.1) is 17.3 Å². The Morgan fingerprint density at radius 1 is 1.36 bits per heavy atom. The van der Waals surface area contributed by atoms with Gasteiger partial charge in [0.1, 0.15) is 35.8 Å². The van der Waals surface area contributed by atoms with Crippen LogP contribution >= 0.6 is 0 Å². The average Bonchev–Trinajstić information content (AvgIpc) is 3.24. The Kier molecular flexibility index (Phi) is 3.23. The van der Waals surface area contributed by atoms with E-state index in [0.717, 1.165) is 0 Å². The van der Waals surface area contributed by atoms with Gasteiger partial charge in [-0.15, -0.1) is 0 Å². The lowest BCUT2D eigenvalue weighted by molar-refractivity contribution is -0.272. The van der Waals surface area contributed by atoms with Crippen LogP contribution in [0.2, 0.25) is 0 Å². The van der Waals surface area contributed by atoms with Crippen molar-refractivity contribution in [3.05, 3.63) is 23.5 Å². The van der Waals surface area contributed by atoms with Crippen molar-refractivity contribution in [2.75, 3.05) is 7.11 Å². The minimum atomic E-state index is -1.71. The number of fused-ring (bicyclic) bond motifs is 8. The highest BCUT2D eigenvalue weighted by atomic mass is 16.7. The van der Waals surface area contributed by atoms with E-state index in [-0.39, 0.29) is 6.42 Å². The van der Waals surface area contributed by atoms with Crippen molar-refractivity contribution in [2.24, 2.45) is 17.3 Å². The highest BCUT2D eigenvalue weighted by molar-refractivity contribution is 5.90. The molecule has 8 heteroatoms. The minimum absolute atomic E-state index is 0.119. The smallest absolute Gasteiger partial charge is 0.337 e. The van der Waals surface area contributed by atoms with Crippen LogP contribution in [0.5, 0.6) is 0 Å². The van der Waals surface area contributed by atoms with E-state index >= 15 is 0 Å². The standard InChI is InChI=1S/C20H24O8/c1-7(2)10-11-17(23)26-12(10)13(21)18(4)19(14-15(27-14)20(11,18)24)6-9(8(3)28-19)16(22)25-5/h10-15,21,24H,1,6H2,2-5H3. The quantitative estimate of drug-likeness (QED) is 0.390. The maximum Gasteiger partial charge on any atom is 0.337 e. The molecule has 9 atom stereocenters. The largest absolute Gasteiger partial charge is 0.487 e. The first kappa shape index (κ1) is 18.1. The first-order chi connectivity index (χ1) is 13.1. The molecule has 5 aliphatic rings. The number of esters is 2. The summed E-state index contributed by atoms with van der Waals surface area (Å²) in [6.07, 6.45) is -3.18. The van der Waals surface area contributed by atoms with E-state index in [1.165, 1.54) is 7.11 Å². The van der Waals surface area contributed by atoms with E-state index in [1.54, 1.807) is 20.8 Å². The number of hydrogen-bond acceptors (Lipinski definition) is 8. The Morgan fingerprint density at radius 3 is 2.64 bits per heavy atom. The summed E-state index contributed by atoms with van der Waals surface area (Å²) in [6.45, 7) is 9.06. The lowest BCUT2D eigenvalue weighted by atomic mass is 9.51. The molecule has 0 aromatic heterocycles. The maximum atomic E-state index is 12.7. The van der Waals surface area contributed by atoms with Gasteiger partial charge in [-0.3, -0.25) is 4.79 Å². The molecule has 0 radical (unpaired) electrons. The van der Waals surface area contributed by atoms with Crippen LogP contribution in [0.15, 0.2) is 23.5 Å². The Hall–Kier alpha value is -1.90. The lowest BCUT2D eigenvalue weighted by Gasteiger charge is -2.57.